The Bertz CT molecular complexity index is 1230. The molecule has 2 heterocycles. The van der Waals surface area contributed by atoms with Crippen LogP contribution in [0, 0.1) is 13.8 Å². The largest absolute Gasteiger partial charge is 0.507 e. The van der Waals surface area contributed by atoms with Gasteiger partial charge in [0.25, 0.3) is 5.78 Å². The lowest BCUT2D eigenvalue weighted by atomic mass is 9.95. The lowest BCUT2D eigenvalue weighted by molar-refractivity contribution is -0.132. The number of methoxy groups -OCH3 is 1. The lowest BCUT2D eigenvalue weighted by Gasteiger charge is -2.23. The fraction of sp³-hybridized carbons (Fsp3) is 0.174. The minimum atomic E-state index is -0.871. The van der Waals surface area contributed by atoms with E-state index in [4.69, 9.17) is 9.26 Å². The summed E-state index contributed by atoms with van der Waals surface area (Å²) < 4.78 is 11.2. The maximum absolute atomic E-state index is 13.1. The van der Waals surface area contributed by atoms with E-state index in [0.717, 1.165) is 10.0 Å². The van der Waals surface area contributed by atoms with Gasteiger partial charge in [-0.15, -0.1) is 0 Å². The molecule has 1 aliphatic heterocycles. The average molecular weight is 483 g/mol. The number of hydrogen-bond acceptors (Lipinski definition) is 6. The molecule has 1 N–H and O–H groups in total. The van der Waals surface area contributed by atoms with Gasteiger partial charge in [-0.2, -0.15) is 0 Å². The summed E-state index contributed by atoms with van der Waals surface area (Å²) in [4.78, 5) is 27.4. The van der Waals surface area contributed by atoms with Crippen molar-refractivity contribution in [1.82, 2.24) is 5.16 Å². The molecule has 1 saturated heterocycles. The van der Waals surface area contributed by atoms with Crippen LogP contribution in [-0.4, -0.2) is 29.1 Å². The van der Waals surface area contributed by atoms with Crippen molar-refractivity contribution in [2.75, 3.05) is 12.0 Å². The van der Waals surface area contributed by atoms with Crippen LogP contribution in [0.3, 0.4) is 0 Å². The van der Waals surface area contributed by atoms with E-state index in [-0.39, 0.29) is 17.2 Å². The molecule has 1 atom stereocenters. The highest BCUT2D eigenvalue weighted by atomic mass is 79.9. The number of ether oxygens (including phenoxy) is 1. The molecular weight excluding hydrogens is 464 g/mol. The minimum absolute atomic E-state index is 0.0201. The Morgan fingerprint density at radius 3 is 2.55 bits per heavy atom. The van der Waals surface area contributed by atoms with Gasteiger partial charge >= 0.3 is 5.91 Å². The Morgan fingerprint density at radius 1 is 1.16 bits per heavy atom. The summed E-state index contributed by atoms with van der Waals surface area (Å²) in [5.41, 5.74) is 1.81. The van der Waals surface area contributed by atoms with Crippen molar-refractivity contribution in [3.63, 3.8) is 0 Å². The van der Waals surface area contributed by atoms with Crippen LogP contribution in [0.2, 0.25) is 0 Å². The first-order chi connectivity index (χ1) is 14.8. The summed E-state index contributed by atoms with van der Waals surface area (Å²) in [6, 6.07) is 13.0. The summed E-state index contributed by atoms with van der Waals surface area (Å²) in [6.45, 7) is 3.53. The summed E-state index contributed by atoms with van der Waals surface area (Å²) in [5.74, 6) is -0.498. The highest BCUT2D eigenvalue weighted by Crippen LogP contribution is 2.42. The van der Waals surface area contributed by atoms with E-state index in [1.54, 1.807) is 56.5 Å². The zero-order valence-electron chi connectivity index (χ0n) is 17.0. The molecule has 0 saturated carbocycles. The number of carbonyl (C=O) groups excluding carboxylic acids is 2. The molecule has 2 aromatic carbocycles. The fourth-order valence-corrected chi connectivity index (χ4v) is 4.13. The van der Waals surface area contributed by atoms with Gasteiger partial charge in [-0.3, -0.25) is 14.5 Å². The van der Waals surface area contributed by atoms with Crippen LogP contribution in [0.5, 0.6) is 5.75 Å². The van der Waals surface area contributed by atoms with Crippen molar-refractivity contribution >= 4 is 39.2 Å². The smallest absolute Gasteiger partial charge is 0.301 e. The molecule has 0 spiro atoms. The summed E-state index contributed by atoms with van der Waals surface area (Å²) in [6.07, 6.45) is 0. The molecule has 158 valence electrons. The maximum atomic E-state index is 13.1. The second-order valence-electron chi connectivity index (χ2n) is 7.20. The first-order valence-electron chi connectivity index (χ1n) is 9.46. The van der Waals surface area contributed by atoms with E-state index < -0.39 is 17.7 Å². The molecule has 1 aromatic heterocycles. The number of ketones is 1. The third-order valence-electron chi connectivity index (χ3n) is 5.14. The normalized spacial score (nSPS) is 17.9. The van der Waals surface area contributed by atoms with Gasteiger partial charge in [-0.05, 0) is 55.3 Å². The monoisotopic (exact) mass is 482 g/mol. The number of aromatic nitrogens is 1. The number of rotatable bonds is 4. The van der Waals surface area contributed by atoms with Crippen LogP contribution in [0.15, 0.2) is 63.1 Å². The van der Waals surface area contributed by atoms with Crippen LogP contribution in [-0.2, 0) is 9.59 Å². The van der Waals surface area contributed by atoms with E-state index >= 15 is 0 Å². The second-order valence-corrected chi connectivity index (χ2v) is 8.12. The zero-order valence-corrected chi connectivity index (χ0v) is 18.6. The average Bonchev–Trinajstić information content (AvgIpc) is 3.28. The van der Waals surface area contributed by atoms with Crippen molar-refractivity contribution in [2.45, 2.75) is 19.9 Å². The predicted molar refractivity (Wildman–Crippen MR) is 118 cm³/mol. The summed E-state index contributed by atoms with van der Waals surface area (Å²) >= 11 is 3.43. The van der Waals surface area contributed by atoms with Crippen molar-refractivity contribution in [2.24, 2.45) is 0 Å². The Kier molecular flexibility index (Phi) is 5.41. The molecule has 0 bridgehead atoms. The summed E-state index contributed by atoms with van der Waals surface area (Å²) in [5, 5.41) is 15.1. The van der Waals surface area contributed by atoms with E-state index in [0.29, 0.717) is 22.6 Å². The maximum Gasteiger partial charge on any atom is 0.301 e. The SMILES string of the molecule is COc1ccc(/C(O)=C2\C(=O)C(=O)N(c3cc(C)on3)C2c2cccc(Br)c2)cc1C. The highest BCUT2D eigenvalue weighted by molar-refractivity contribution is 9.10. The molecule has 1 unspecified atom stereocenters. The molecule has 31 heavy (non-hydrogen) atoms. The van der Waals surface area contributed by atoms with Crippen molar-refractivity contribution in [1.29, 1.82) is 0 Å². The van der Waals surface area contributed by atoms with Crippen LogP contribution < -0.4 is 9.64 Å². The first-order valence-corrected chi connectivity index (χ1v) is 10.3. The lowest BCUT2D eigenvalue weighted by Crippen LogP contribution is -2.29. The van der Waals surface area contributed by atoms with E-state index in [1.165, 1.54) is 4.90 Å². The van der Waals surface area contributed by atoms with E-state index in [9.17, 15) is 14.7 Å². The highest BCUT2D eigenvalue weighted by Gasteiger charge is 2.48. The third-order valence-corrected chi connectivity index (χ3v) is 5.63. The van der Waals surface area contributed by atoms with Gasteiger partial charge in [0.1, 0.15) is 17.3 Å². The van der Waals surface area contributed by atoms with Crippen LogP contribution >= 0.6 is 15.9 Å². The van der Waals surface area contributed by atoms with E-state index in [2.05, 4.69) is 21.1 Å². The number of nitrogens with zero attached hydrogens (tertiary/aromatic N) is 2. The van der Waals surface area contributed by atoms with Gasteiger partial charge in [0.05, 0.1) is 18.7 Å². The van der Waals surface area contributed by atoms with Gasteiger partial charge in [0.2, 0.25) is 0 Å². The predicted octanol–water partition coefficient (Wildman–Crippen LogP) is 4.69. The number of carbonyl (C=O) groups is 2. The molecule has 1 amide bonds. The topological polar surface area (TPSA) is 92.9 Å². The summed E-state index contributed by atoms with van der Waals surface area (Å²) in [7, 11) is 1.56. The van der Waals surface area contributed by atoms with Crippen LogP contribution in [0.4, 0.5) is 5.82 Å². The van der Waals surface area contributed by atoms with Gasteiger partial charge < -0.3 is 14.4 Å². The van der Waals surface area contributed by atoms with Crippen molar-refractivity contribution in [3.05, 3.63) is 81.0 Å². The van der Waals surface area contributed by atoms with Crippen LogP contribution in [0.25, 0.3) is 5.76 Å². The quantitative estimate of drug-likeness (QED) is 0.329. The number of aliphatic hydroxyl groups excluding tert-OH is 1. The second kappa shape index (κ2) is 8.03. The van der Waals surface area contributed by atoms with Gasteiger partial charge in [0.15, 0.2) is 5.82 Å². The van der Waals surface area contributed by atoms with Gasteiger partial charge in [-0.25, -0.2) is 0 Å². The standard InChI is InChI=1S/C23H19BrN2O5/c1-12-9-15(7-8-17(12)30-3)21(27)19-20(14-5-4-6-16(24)11-14)26(23(29)22(19)28)18-10-13(2)31-25-18/h4-11,20,27H,1-3H3/b21-19+. The van der Waals surface area contributed by atoms with Crippen molar-refractivity contribution < 1.29 is 24.0 Å². The first kappa shape index (κ1) is 20.9. The van der Waals surface area contributed by atoms with E-state index in [1.807, 2.05) is 13.0 Å². The van der Waals surface area contributed by atoms with Crippen LogP contribution in [0.1, 0.15) is 28.5 Å². The molecular formula is C23H19BrN2O5. The Hall–Kier alpha value is -3.39. The molecule has 4 rings (SSSR count). The number of Topliss-reactive ketones (excluding diaryl/α,β-unsaturated/α-hetero) is 1. The Balaban J connectivity index is 1.94. The van der Waals surface area contributed by atoms with Gasteiger partial charge in [-0.1, -0.05) is 33.2 Å². The molecule has 1 aliphatic rings. The van der Waals surface area contributed by atoms with Gasteiger partial charge in [0, 0.05) is 16.1 Å². The number of aliphatic hydroxyl groups is 1. The Labute approximate surface area is 187 Å². The molecule has 0 aliphatic carbocycles. The number of amides is 1. The molecule has 8 heteroatoms. The molecule has 1 fully saturated rings. The number of benzene rings is 2. The molecule has 0 radical (unpaired) electrons. The number of aryl methyl sites for hydroxylation is 2. The molecule has 3 aromatic rings. The minimum Gasteiger partial charge on any atom is -0.507 e. The number of halogens is 1. The zero-order chi connectivity index (χ0) is 22.3. The number of anilines is 1. The Morgan fingerprint density at radius 2 is 1.94 bits per heavy atom. The fourth-order valence-electron chi connectivity index (χ4n) is 3.71. The number of hydrogen-bond donors (Lipinski definition) is 1. The molecule has 7 nitrogen and oxygen atoms in total. The van der Waals surface area contributed by atoms with Crippen molar-refractivity contribution in [3.8, 4) is 5.75 Å². The third kappa shape index (κ3) is 3.63.